The van der Waals surface area contributed by atoms with Crippen molar-refractivity contribution in [2.45, 2.75) is 47.1 Å². The van der Waals surface area contributed by atoms with Crippen LogP contribution in [0.1, 0.15) is 37.5 Å². The molecule has 19 heavy (non-hydrogen) atoms. The fraction of sp³-hybridized carbons (Fsp3) is 0.562. The second-order valence-electron chi connectivity index (χ2n) is 5.49. The largest absolute Gasteiger partial charge is 0.464 e. The molecule has 0 aliphatic carbocycles. The van der Waals surface area contributed by atoms with E-state index in [4.69, 9.17) is 4.74 Å². The van der Waals surface area contributed by atoms with Gasteiger partial charge in [0.15, 0.2) is 0 Å². The first kappa shape index (κ1) is 15.5. The van der Waals surface area contributed by atoms with Crippen molar-refractivity contribution >= 4 is 11.7 Å². The van der Waals surface area contributed by atoms with Gasteiger partial charge in [-0.05, 0) is 64.3 Å². The average Bonchev–Trinajstić information content (AvgIpc) is 2.35. The maximum absolute atomic E-state index is 12.1. The number of ether oxygens (including phenoxy) is 1. The molecule has 0 aliphatic rings. The van der Waals surface area contributed by atoms with Crippen molar-refractivity contribution in [2.24, 2.45) is 0 Å². The van der Waals surface area contributed by atoms with Crippen molar-refractivity contribution in [3.05, 3.63) is 28.8 Å². The molecule has 0 aliphatic heterocycles. The molecule has 0 spiro atoms. The fourth-order valence-corrected chi connectivity index (χ4v) is 2.05. The van der Waals surface area contributed by atoms with Gasteiger partial charge in [-0.1, -0.05) is 6.07 Å². The van der Waals surface area contributed by atoms with Gasteiger partial charge in [0.25, 0.3) is 0 Å². The molecule has 106 valence electrons. The van der Waals surface area contributed by atoms with Crippen molar-refractivity contribution in [1.29, 1.82) is 0 Å². The van der Waals surface area contributed by atoms with Gasteiger partial charge in [-0.15, -0.1) is 0 Å². The van der Waals surface area contributed by atoms with Gasteiger partial charge in [-0.25, -0.2) is 4.79 Å². The van der Waals surface area contributed by atoms with Gasteiger partial charge in [0.05, 0.1) is 6.61 Å². The smallest absolute Gasteiger partial charge is 0.331 e. The highest BCUT2D eigenvalue weighted by Crippen LogP contribution is 2.29. The number of nitrogens with zero attached hydrogens (tertiary/aromatic N) is 1. The van der Waals surface area contributed by atoms with E-state index in [-0.39, 0.29) is 5.97 Å². The molecule has 3 nitrogen and oxygen atoms in total. The van der Waals surface area contributed by atoms with Crippen LogP contribution in [0.4, 0.5) is 5.69 Å². The highest BCUT2D eigenvalue weighted by molar-refractivity contribution is 5.84. The summed E-state index contributed by atoms with van der Waals surface area (Å²) in [6, 6.07) is 4.16. The van der Waals surface area contributed by atoms with E-state index >= 15 is 0 Å². The summed E-state index contributed by atoms with van der Waals surface area (Å²) in [5, 5.41) is 0. The Labute approximate surface area is 116 Å². The number of carbonyl (C=O) groups excluding carboxylic acids is 1. The predicted molar refractivity (Wildman–Crippen MR) is 79.8 cm³/mol. The highest BCUT2D eigenvalue weighted by atomic mass is 16.5. The Bertz CT molecular complexity index is 478. The lowest BCUT2D eigenvalue weighted by molar-refractivity contribution is -0.148. The van der Waals surface area contributed by atoms with Gasteiger partial charge >= 0.3 is 5.97 Å². The van der Waals surface area contributed by atoms with Crippen molar-refractivity contribution < 1.29 is 9.53 Å². The Morgan fingerprint density at radius 3 is 2.32 bits per heavy atom. The monoisotopic (exact) mass is 263 g/mol. The third kappa shape index (κ3) is 2.91. The Morgan fingerprint density at radius 2 is 1.79 bits per heavy atom. The Balaban J connectivity index is 3.16. The Morgan fingerprint density at radius 1 is 1.21 bits per heavy atom. The minimum atomic E-state index is -0.678. The van der Waals surface area contributed by atoms with Crippen LogP contribution < -0.4 is 4.90 Å². The number of anilines is 1. The summed E-state index contributed by atoms with van der Waals surface area (Å²) in [5.74, 6) is -0.199. The summed E-state index contributed by atoms with van der Waals surface area (Å²) >= 11 is 0. The zero-order valence-electron chi connectivity index (χ0n) is 13.1. The molecule has 0 fully saturated rings. The molecule has 1 rings (SSSR count). The summed E-state index contributed by atoms with van der Waals surface area (Å²) in [6.45, 7) is 12.3. The lowest BCUT2D eigenvalue weighted by atomic mass is 9.97. The van der Waals surface area contributed by atoms with E-state index in [0.29, 0.717) is 6.61 Å². The Kier molecular flexibility index (Phi) is 4.61. The number of hydrogen-bond donors (Lipinski definition) is 0. The summed E-state index contributed by atoms with van der Waals surface area (Å²) < 4.78 is 5.16. The number of likely N-dealkylation sites (N-methyl/N-ethyl adjacent to an activating group) is 1. The maximum Gasteiger partial charge on any atom is 0.331 e. The first-order valence-corrected chi connectivity index (χ1v) is 6.71. The first-order chi connectivity index (χ1) is 8.73. The number of carbonyl (C=O) groups is 1. The normalized spacial score (nSPS) is 11.3. The summed E-state index contributed by atoms with van der Waals surface area (Å²) in [5.41, 5.74) is 4.14. The SMILES string of the molecule is CCOC(=O)C(C)(C)N(C)c1ccc(C)c(C)c1C. The van der Waals surface area contributed by atoms with Crippen LogP contribution in [0.2, 0.25) is 0 Å². The standard InChI is InChI=1S/C16H25NO2/c1-8-19-15(18)16(5,6)17(7)14-10-9-11(2)12(3)13(14)4/h9-10H,8H2,1-7H3. The van der Waals surface area contributed by atoms with Crippen molar-refractivity contribution in [1.82, 2.24) is 0 Å². The van der Waals surface area contributed by atoms with Crippen LogP contribution in [-0.4, -0.2) is 25.2 Å². The molecule has 0 bridgehead atoms. The molecule has 3 heteroatoms. The zero-order chi connectivity index (χ0) is 14.8. The molecule has 1 aromatic rings. The van der Waals surface area contributed by atoms with Gasteiger partial charge in [-0.3, -0.25) is 0 Å². The molecule has 0 heterocycles. The number of rotatable bonds is 4. The van der Waals surface area contributed by atoms with E-state index in [1.807, 2.05) is 32.7 Å². The van der Waals surface area contributed by atoms with E-state index in [1.54, 1.807) is 0 Å². The topological polar surface area (TPSA) is 29.5 Å². The second-order valence-corrected chi connectivity index (χ2v) is 5.49. The predicted octanol–water partition coefficient (Wildman–Crippen LogP) is 3.39. The second kappa shape index (κ2) is 5.64. The molecule has 0 radical (unpaired) electrons. The quantitative estimate of drug-likeness (QED) is 0.780. The Hall–Kier alpha value is -1.51. The van der Waals surface area contributed by atoms with E-state index in [1.165, 1.54) is 16.7 Å². The molecule has 0 aromatic heterocycles. The van der Waals surface area contributed by atoms with Gasteiger partial charge in [0.1, 0.15) is 5.54 Å². The van der Waals surface area contributed by atoms with Crippen LogP contribution in [-0.2, 0) is 9.53 Å². The molecule has 0 atom stereocenters. The third-order valence-corrected chi connectivity index (χ3v) is 4.00. The average molecular weight is 263 g/mol. The lowest BCUT2D eigenvalue weighted by Gasteiger charge is -2.36. The van der Waals surface area contributed by atoms with Gasteiger partial charge in [0, 0.05) is 12.7 Å². The zero-order valence-corrected chi connectivity index (χ0v) is 13.1. The molecule has 0 saturated carbocycles. The lowest BCUT2D eigenvalue weighted by Crippen LogP contribution is -2.49. The van der Waals surface area contributed by atoms with Crippen LogP contribution in [0.5, 0.6) is 0 Å². The summed E-state index contributed by atoms with van der Waals surface area (Å²) in [4.78, 5) is 14.1. The minimum Gasteiger partial charge on any atom is -0.464 e. The third-order valence-electron chi connectivity index (χ3n) is 4.00. The molecule has 1 aromatic carbocycles. The van der Waals surface area contributed by atoms with E-state index in [9.17, 15) is 4.79 Å². The van der Waals surface area contributed by atoms with Gasteiger partial charge in [0.2, 0.25) is 0 Å². The van der Waals surface area contributed by atoms with Crippen molar-refractivity contribution in [3.8, 4) is 0 Å². The van der Waals surface area contributed by atoms with Crippen LogP contribution >= 0.6 is 0 Å². The number of hydrogen-bond acceptors (Lipinski definition) is 3. The minimum absolute atomic E-state index is 0.199. The van der Waals surface area contributed by atoms with E-state index in [0.717, 1.165) is 5.69 Å². The summed E-state index contributed by atoms with van der Waals surface area (Å²) in [7, 11) is 1.94. The molecular formula is C16H25NO2. The van der Waals surface area contributed by atoms with E-state index < -0.39 is 5.54 Å². The van der Waals surface area contributed by atoms with Crippen LogP contribution in [0, 0.1) is 20.8 Å². The number of benzene rings is 1. The van der Waals surface area contributed by atoms with Crippen LogP contribution in [0.25, 0.3) is 0 Å². The molecular weight excluding hydrogens is 238 g/mol. The first-order valence-electron chi connectivity index (χ1n) is 6.71. The maximum atomic E-state index is 12.1. The van der Waals surface area contributed by atoms with Gasteiger partial charge < -0.3 is 9.64 Å². The molecule has 0 saturated heterocycles. The number of esters is 1. The number of aryl methyl sites for hydroxylation is 1. The fourth-order valence-electron chi connectivity index (χ4n) is 2.05. The van der Waals surface area contributed by atoms with Crippen LogP contribution in [0.3, 0.4) is 0 Å². The van der Waals surface area contributed by atoms with Crippen molar-refractivity contribution in [3.63, 3.8) is 0 Å². The highest BCUT2D eigenvalue weighted by Gasteiger charge is 2.34. The molecule has 0 unspecified atom stereocenters. The summed E-state index contributed by atoms with van der Waals surface area (Å²) in [6.07, 6.45) is 0. The van der Waals surface area contributed by atoms with Crippen molar-refractivity contribution in [2.75, 3.05) is 18.6 Å². The molecule has 0 amide bonds. The van der Waals surface area contributed by atoms with Gasteiger partial charge in [-0.2, -0.15) is 0 Å². The van der Waals surface area contributed by atoms with E-state index in [2.05, 4.69) is 32.9 Å². The van der Waals surface area contributed by atoms with Crippen LogP contribution in [0.15, 0.2) is 12.1 Å². The molecule has 0 N–H and O–H groups in total.